The molecule has 1 fully saturated rings. The molecule has 0 spiro atoms. The number of ether oxygens (including phenoxy) is 2. The highest BCUT2D eigenvalue weighted by Gasteiger charge is 2.31. The van der Waals surface area contributed by atoms with Gasteiger partial charge >= 0.3 is 12.1 Å². The number of rotatable bonds is 4. The molecule has 6 nitrogen and oxygen atoms in total. The number of nitrogens with zero attached hydrogens (tertiary/aromatic N) is 1. The minimum absolute atomic E-state index is 0.0515. The summed E-state index contributed by atoms with van der Waals surface area (Å²) in [5.74, 6) is -0.183. The Labute approximate surface area is 154 Å². The predicted octanol–water partition coefficient (Wildman–Crippen LogP) is 3.72. The summed E-state index contributed by atoms with van der Waals surface area (Å²) in [6.45, 7) is 5.79. The number of ketones is 1. The molecule has 0 unspecified atom stereocenters. The maximum atomic E-state index is 12.7. The van der Waals surface area contributed by atoms with Crippen LogP contribution in [-0.4, -0.2) is 41.5 Å². The first-order chi connectivity index (χ1) is 12.2. The number of esters is 1. The second-order valence-electron chi connectivity index (χ2n) is 7.57. The molecule has 1 aromatic rings. The smallest absolute Gasteiger partial charge is 0.410 e. The lowest BCUT2D eigenvalue weighted by molar-refractivity contribution is -0.121. The molecule has 0 heterocycles. The van der Waals surface area contributed by atoms with Crippen LogP contribution in [0.1, 0.15) is 62.4 Å². The van der Waals surface area contributed by atoms with Gasteiger partial charge in [-0.1, -0.05) is 12.1 Å². The van der Waals surface area contributed by atoms with Gasteiger partial charge in [0, 0.05) is 25.4 Å². The molecule has 142 valence electrons. The fourth-order valence-electron chi connectivity index (χ4n) is 3.01. The zero-order valence-electron chi connectivity index (χ0n) is 15.9. The summed E-state index contributed by atoms with van der Waals surface area (Å²) < 4.78 is 10.3. The topological polar surface area (TPSA) is 72.9 Å². The van der Waals surface area contributed by atoms with E-state index >= 15 is 0 Å². The van der Waals surface area contributed by atoms with Crippen LogP contribution in [0.4, 0.5) is 4.79 Å². The average molecular weight is 361 g/mol. The Morgan fingerprint density at radius 2 is 1.85 bits per heavy atom. The quantitative estimate of drug-likeness (QED) is 0.764. The van der Waals surface area contributed by atoms with E-state index in [0.717, 1.165) is 5.56 Å². The number of benzene rings is 1. The van der Waals surface area contributed by atoms with Crippen LogP contribution in [-0.2, 0) is 20.8 Å². The second kappa shape index (κ2) is 8.34. The van der Waals surface area contributed by atoms with E-state index in [9.17, 15) is 14.4 Å². The first-order valence-corrected chi connectivity index (χ1v) is 8.88. The Kier molecular flexibility index (Phi) is 6.40. The van der Waals surface area contributed by atoms with Gasteiger partial charge in [0.25, 0.3) is 0 Å². The van der Waals surface area contributed by atoms with Crippen molar-refractivity contribution in [2.24, 2.45) is 0 Å². The molecule has 6 heteroatoms. The van der Waals surface area contributed by atoms with E-state index in [1.165, 1.54) is 7.11 Å². The maximum Gasteiger partial charge on any atom is 0.410 e. The summed E-state index contributed by atoms with van der Waals surface area (Å²) in [5, 5.41) is 0. The van der Waals surface area contributed by atoms with Crippen molar-refractivity contribution in [3.8, 4) is 0 Å². The van der Waals surface area contributed by atoms with E-state index in [4.69, 9.17) is 9.47 Å². The Morgan fingerprint density at radius 3 is 2.42 bits per heavy atom. The molecule has 1 aromatic carbocycles. The van der Waals surface area contributed by atoms with Crippen LogP contribution in [0.15, 0.2) is 24.3 Å². The van der Waals surface area contributed by atoms with Crippen LogP contribution in [0.25, 0.3) is 0 Å². The highest BCUT2D eigenvalue weighted by molar-refractivity contribution is 5.89. The monoisotopic (exact) mass is 361 g/mol. The Morgan fingerprint density at radius 1 is 1.19 bits per heavy atom. The summed E-state index contributed by atoms with van der Waals surface area (Å²) in [7, 11) is 1.33. The van der Waals surface area contributed by atoms with Crippen molar-refractivity contribution in [2.45, 2.75) is 64.6 Å². The van der Waals surface area contributed by atoms with Gasteiger partial charge in [0.15, 0.2) is 0 Å². The van der Waals surface area contributed by atoms with Crippen molar-refractivity contribution >= 4 is 17.8 Å². The number of carbonyl (C=O) groups is 3. The first-order valence-electron chi connectivity index (χ1n) is 8.88. The third kappa shape index (κ3) is 5.58. The standard InChI is InChI=1S/C20H27NO5/c1-20(2,3)26-19(24)21(16-8-10-17(22)11-9-16)13-14-6-5-7-15(12-14)18(23)25-4/h5-7,12,16H,8-11,13H2,1-4H3. The van der Waals surface area contributed by atoms with Gasteiger partial charge in [0.2, 0.25) is 0 Å². The Hall–Kier alpha value is -2.37. The van der Waals surface area contributed by atoms with Crippen LogP contribution in [0, 0.1) is 0 Å². The molecular formula is C20H27NO5. The maximum absolute atomic E-state index is 12.7. The van der Waals surface area contributed by atoms with E-state index in [-0.39, 0.29) is 11.8 Å². The summed E-state index contributed by atoms with van der Waals surface area (Å²) in [6, 6.07) is 6.96. The summed E-state index contributed by atoms with van der Waals surface area (Å²) >= 11 is 0. The highest BCUT2D eigenvalue weighted by atomic mass is 16.6. The zero-order valence-corrected chi connectivity index (χ0v) is 15.9. The number of methoxy groups -OCH3 is 1. The molecule has 1 aliphatic carbocycles. The molecule has 0 N–H and O–H groups in total. The van der Waals surface area contributed by atoms with E-state index in [1.807, 2.05) is 26.8 Å². The van der Waals surface area contributed by atoms with Crippen molar-refractivity contribution in [2.75, 3.05) is 7.11 Å². The first kappa shape index (κ1) is 19.9. The number of amides is 1. The molecule has 1 amide bonds. The van der Waals surface area contributed by atoms with E-state index in [2.05, 4.69) is 0 Å². The molecule has 0 saturated heterocycles. The molecule has 1 saturated carbocycles. The molecule has 0 aliphatic heterocycles. The number of Topliss-reactive ketones (excluding diaryl/α,β-unsaturated/α-hetero) is 1. The fourth-order valence-corrected chi connectivity index (χ4v) is 3.01. The van der Waals surface area contributed by atoms with Crippen LogP contribution >= 0.6 is 0 Å². The molecular weight excluding hydrogens is 334 g/mol. The van der Waals surface area contributed by atoms with Crippen LogP contribution in [0.2, 0.25) is 0 Å². The third-order valence-corrected chi connectivity index (χ3v) is 4.28. The number of carbonyl (C=O) groups excluding carboxylic acids is 3. The highest BCUT2D eigenvalue weighted by Crippen LogP contribution is 2.25. The third-order valence-electron chi connectivity index (χ3n) is 4.28. The summed E-state index contributed by atoms with van der Waals surface area (Å²) in [6.07, 6.45) is 1.82. The lowest BCUT2D eigenvalue weighted by Crippen LogP contribution is -2.44. The largest absolute Gasteiger partial charge is 0.465 e. The van der Waals surface area contributed by atoms with Crippen molar-refractivity contribution in [1.82, 2.24) is 4.90 Å². The molecule has 0 radical (unpaired) electrons. The zero-order chi connectivity index (χ0) is 19.3. The minimum atomic E-state index is -0.603. The van der Waals surface area contributed by atoms with Crippen molar-refractivity contribution < 1.29 is 23.9 Å². The van der Waals surface area contributed by atoms with Crippen LogP contribution in [0.3, 0.4) is 0 Å². The molecule has 1 aliphatic rings. The van der Waals surface area contributed by atoms with Crippen LogP contribution in [0.5, 0.6) is 0 Å². The van der Waals surface area contributed by atoms with E-state index in [1.54, 1.807) is 23.1 Å². The normalized spacial score (nSPS) is 15.5. The molecule has 0 atom stereocenters. The van der Waals surface area contributed by atoms with E-state index < -0.39 is 17.7 Å². The average Bonchev–Trinajstić information content (AvgIpc) is 2.58. The van der Waals surface area contributed by atoms with Gasteiger partial charge < -0.3 is 14.4 Å². The molecule has 0 bridgehead atoms. The van der Waals surface area contributed by atoms with Gasteiger partial charge in [-0.2, -0.15) is 0 Å². The summed E-state index contributed by atoms with van der Waals surface area (Å²) in [4.78, 5) is 37.7. The number of hydrogen-bond donors (Lipinski definition) is 0. The van der Waals surface area contributed by atoms with Crippen LogP contribution < -0.4 is 0 Å². The predicted molar refractivity (Wildman–Crippen MR) is 96.8 cm³/mol. The van der Waals surface area contributed by atoms with Gasteiger partial charge in [-0.25, -0.2) is 9.59 Å². The van der Waals surface area contributed by atoms with Gasteiger partial charge in [0.05, 0.1) is 12.7 Å². The van der Waals surface area contributed by atoms with Gasteiger partial charge in [-0.3, -0.25) is 4.79 Å². The second-order valence-corrected chi connectivity index (χ2v) is 7.57. The Bertz CT molecular complexity index is 667. The van der Waals surface area contributed by atoms with Gasteiger partial charge in [0.1, 0.15) is 11.4 Å². The van der Waals surface area contributed by atoms with Crippen molar-refractivity contribution in [1.29, 1.82) is 0 Å². The molecule has 26 heavy (non-hydrogen) atoms. The molecule has 0 aromatic heterocycles. The van der Waals surface area contributed by atoms with Crippen molar-refractivity contribution in [3.05, 3.63) is 35.4 Å². The molecule has 2 rings (SSSR count). The Balaban J connectivity index is 2.22. The van der Waals surface area contributed by atoms with E-state index in [0.29, 0.717) is 37.8 Å². The lowest BCUT2D eigenvalue weighted by Gasteiger charge is -2.35. The number of hydrogen-bond acceptors (Lipinski definition) is 5. The summed E-state index contributed by atoms with van der Waals surface area (Å²) in [5.41, 5.74) is 0.650. The minimum Gasteiger partial charge on any atom is -0.465 e. The lowest BCUT2D eigenvalue weighted by atomic mass is 9.93. The SMILES string of the molecule is COC(=O)c1cccc(CN(C(=O)OC(C)(C)C)C2CCC(=O)CC2)c1. The van der Waals surface area contributed by atoms with Crippen molar-refractivity contribution in [3.63, 3.8) is 0 Å². The van der Waals surface area contributed by atoms with Gasteiger partial charge in [-0.15, -0.1) is 0 Å². The van der Waals surface area contributed by atoms with Gasteiger partial charge in [-0.05, 0) is 51.3 Å². The fraction of sp³-hybridized carbons (Fsp3) is 0.550.